The highest BCUT2D eigenvalue weighted by Crippen LogP contribution is 2.38. The molecule has 0 amide bonds. The van der Waals surface area contributed by atoms with Gasteiger partial charge in [-0.05, 0) is 86.6 Å². The van der Waals surface area contributed by atoms with Crippen LogP contribution in [0.4, 0.5) is 58.4 Å². The monoisotopic (exact) mass is 892 g/mol. The van der Waals surface area contributed by atoms with Crippen molar-refractivity contribution in [1.29, 1.82) is 0 Å². The van der Waals surface area contributed by atoms with E-state index in [2.05, 4.69) is 40.8 Å². The molecule has 0 radical (unpaired) electrons. The minimum Gasteiger partial charge on any atom is -0.495 e. The SMILES string of the molecule is COc1cc(-c2nc(Nc3ccc(F)cc3C(F)(F)F)n(C)n2)ccc1-n1cnc(C)c1.COc1cc(-c2nc(Nc3ccc(F)cc3C(F)(F)F)nn2C)ccc1-n1cnc(C)c1. The zero-order valence-corrected chi connectivity index (χ0v) is 34.5. The summed E-state index contributed by atoms with van der Waals surface area (Å²) in [6.07, 6.45) is -2.45. The molecule has 0 aliphatic heterocycles. The fourth-order valence-corrected chi connectivity index (χ4v) is 6.43. The van der Waals surface area contributed by atoms with Gasteiger partial charge in [0.05, 0.1) is 72.1 Å². The second-order valence-electron chi connectivity index (χ2n) is 14.0. The number of nitrogens with one attached hydrogen (secondary N) is 2. The van der Waals surface area contributed by atoms with Crippen LogP contribution in [0.5, 0.6) is 11.5 Å². The van der Waals surface area contributed by atoms with Crippen molar-refractivity contribution in [3.05, 3.63) is 132 Å². The number of halogens is 8. The Hall–Kier alpha value is -7.78. The van der Waals surface area contributed by atoms with Gasteiger partial charge >= 0.3 is 12.4 Å². The third-order valence-corrected chi connectivity index (χ3v) is 9.45. The first kappa shape index (κ1) is 44.3. The lowest BCUT2D eigenvalue weighted by molar-refractivity contribution is -0.137. The Morgan fingerprint density at radius 3 is 1.56 bits per heavy atom. The fraction of sp³-hybridized carbons (Fsp3) is 0.190. The van der Waals surface area contributed by atoms with Gasteiger partial charge in [0.1, 0.15) is 23.1 Å². The number of alkyl halides is 6. The predicted octanol–water partition coefficient (Wildman–Crippen LogP) is 9.77. The van der Waals surface area contributed by atoms with Crippen LogP contribution < -0.4 is 20.1 Å². The maximum atomic E-state index is 13.4. The maximum absolute atomic E-state index is 13.4. The van der Waals surface area contributed by atoms with E-state index in [4.69, 9.17) is 9.47 Å². The van der Waals surface area contributed by atoms with E-state index in [1.807, 2.05) is 41.4 Å². The molecule has 8 aromatic rings. The van der Waals surface area contributed by atoms with Gasteiger partial charge in [0, 0.05) is 37.6 Å². The normalized spacial score (nSPS) is 11.6. The molecule has 0 aliphatic rings. The van der Waals surface area contributed by atoms with Gasteiger partial charge < -0.3 is 29.2 Å². The number of rotatable bonds is 10. The highest BCUT2D eigenvalue weighted by atomic mass is 19.4. The molecular formula is C42H36F8N12O2. The van der Waals surface area contributed by atoms with Crippen molar-refractivity contribution < 1.29 is 44.6 Å². The van der Waals surface area contributed by atoms with E-state index in [-0.39, 0.29) is 29.1 Å². The Balaban J connectivity index is 0.000000191. The van der Waals surface area contributed by atoms with Crippen molar-refractivity contribution >= 4 is 23.3 Å². The molecule has 332 valence electrons. The van der Waals surface area contributed by atoms with Crippen LogP contribution in [-0.2, 0) is 26.4 Å². The largest absolute Gasteiger partial charge is 0.495 e. The standard InChI is InChI=1S/2C21H18F4N6O/c1-12-10-31(11-26-12)17-7-4-13(8-18(17)32-3)19-28-20(29-30(19)2)27-16-6-5-14(22)9-15(16)21(23,24)25;1-12-10-31(11-26-12)17-7-4-13(8-18(17)32-3)19-28-20(30(2)29-19)27-16-6-5-14(22)9-15(16)21(23,24)25/h4-11H,1-3H3,(H,27,29);4-11H,1-3H3,(H,27,28,29). The molecule has 4 heterocycles. The van der Waals surface area contributed by atoms with Gasteiger partial charge in [-0.2, -0.15) is 36.3 Å². The van der Waals surface area contributed by atoms with Crippen molar-refractivity contribution in [2.45, 2.75) is 26.2 Å². The molecule has 0 saturated heterocycles. The second-order valence-corrected chi connectivity index (χ2v) is 14.0. The number of aryl methyl sites for hydroxylation is 4. The summed E-state index contributed by atoms with van der Waals surface area (Å²) in [4.78, 5) is 17.0. The number of ether oxygens (including phenoxy) is 2. The minimum atomic E-state index is -4.74. The van der Waals surface area contributed by atoms with Crippen LogP contribution in [-0.4, -0.2) is 62.9 Å². The second kappa shape index (κ2) is 17.5. The van der Waals surface area contributed by atoms with Crippen LogP contribution in [0.3, 0.4) is 0 Å². The van der Waals surface area contributed by atoms with Gasteiger partial charge in [0.25, 0.3) is 0 Å². The minimum absolute atomic E-state index is 0.0605. The molecular weight excluding hydrogens is 857 g/mol. The summed E-state index contributed by atoms with van der Waals surface area (Å²) in [6.45, 7) is 3.74. The molecule has 8 rings (SSSR count). The lowest BCUT2D eigenvalue weighted by Crippen LogP contribution is -2.11. The van der Waals surface area contributed by atoms with E-state index in [0.29, 0.717) is 40.6 Å². The molecule has 4 aromatic carbocycles. The average Bonchev–Trinajstić information content (AvgIpc) is 4.05. The van der Waals surface area contributed by atoms with Gasteiger partial charge in [-0.1, -0.05) is 0 Å². The van der Waals surface area contributed by atoms with E-state index in [9.17, 15) is 35.1 Å². The van der Waals surface area contributed by atoms with Crippen LogP contribution in [0, 0.1) is 25.5 Å². The first-order valence-corrected chi connectivity index (χ1v) is 18.8. The van der Waals surface area contributed by atoms with Crippen molar-refractivity contribution in [3.8, 4) is 45.6 Å². The number of anilines is 4. The van der Waals surface area contributed by atoms with Gasteiger partial charge in [-0.15, -0.1) is 10.2 Å². The molecule has 2 N–H and O–H groups in total. The van der Waals surface area contributed by atoms with Crippen molar-refractivity contribution in [1.82, 2.24) is 48.6 Å². The first-order chi connectivity index (χ1) is 30.3. The number of aromatic nitrogens is 10. The van der Waals surface area contributed by atoms with Crippen LogP contribution >= 0.6 is 0 Å². The van der Waals surface area contributed by atoms with E-state index in [0.717, 1.165) is 47.0 Å². The van der Waals surface area contributed by atoms with E-state index < -0.39 is 35.1 Å². The first-order valence-electron chi connectivity index (χ1n) is 18.8. The number of nitrogens with zero attached hydrogens (tertiary/aromatic N) is 10. The molecule has 0 saturated carbocycles. The summed E-state index contributed by atoms with van der Waals surface area (Å²) >= 11 is 0. The molecule has 64 heavy (non-hydrogen) atoms. The number of imidazole rings is 2. The summed E-state index contributed by atoms with van der Waals surface area (Å²) < 4.78 is 124. The molecule has 0 atom stereocenters. The van der Waals surface area contributed by atoms with Crippen LogP contribution in [0.15, 0.2) is 97.8 Å². The molecule has 14 nitrogen and oxygen atoms in total. The third kappa shape index (κ3) is 9.64. The Bertz CT molecular complexity index is 2950. The van der Waals surface area contributed by atoms with E-state index >= 15 is 0 Å². The smallest absolute Gasteiger partial charge is 0.418 e. The quantitative estimate of drug-likeness (QED) is 0.128. The Morgan fingerprint density at radius 2 is 1.08 bits per heavy atom. The summed E-state index contributed by atoms with van der Waals surface area (Å²) in [6, 6.07) is 15.4. The number of benzene rings is 4. The number of hydrogen-bond acceptors (Lipinski definition) is 10. The van der Waals surface area contributed by atoms with Gasteiger partial charge in [0.2, 0.25) is 11.9 Å². The van der Waals surface area contributed by atoms with Gasteiger partial charge in [-0.25, -0.2) is 28.1 Å². The van der Waals surface area contributed by atoms with Crippen LogP contribution in [0.25, 0.3) is 34.2 Å². The number of hydrogen-bond donors (Lipinski definition) is 2. The average molecular weight is 893 g/mol. The topological polar surface area (TPSA) is 140 Å². The maximum Gasteiger partial charge on any atom is 0.418 e. The zero-order chi connectivity index (χ0) is 46.1. The van der Waals surface area contributed by atoms with Crippen molar-refractivity contribution in [2.75, 3.05) is 24.9 Å². The molecule has 0 aliphatic carbocycles. The molecule has 4 aromatic heterocycles. The fourth-order valence-electron chi connectivity index (χ4n) is 6.43. The summed E-state index contributed by atoms with van der Waals surface area (Å²) in [5.41, 5.74) is 1.49. The molecule has 0 bridgehead atoms. The molecule has 0 spiro atoms. The van der Waals surface area contributed by atoms with Crippen LogP contribution in [0.1, 0.15) is 22.5 Å². The molecule has 0 fully saturated rings. The number of methoxy groups -OCH3 is 2. The van der Waals surface area contributed by atoms with Crippen molar-refractivity contribution in [3.63, 3.8) is 0 Å². The summed E-state index contributed by atoms with van der Waals surface area (Å²) in [5.74, 6) is -0.208. The van der Waals surface area contributed by atoms with E-state index in [1.54, 1.807) is 50.0 Å². The zero-order valence-electron chi connectivity index (χ0n) is 34.5. The third-order valence-electron chi connectivity index (χ3n) is 9.45. The highest BCUT2D eigenvalue weighted by molar-refractivity contribution is 5.68. The Kier molecular flexibility index (Phi) is 12.1. The Morgan fingerprint density at radius 1 is 0.578 bits per heavy atom. The Labute approximate surface area is 358 Å². The van der Waals surface area contributed by atoms with Crippen molar-refractivity contribution in [2.24, 2.45) is 14.1 Å². The molecule has 0 unspecified atom stereocenters. The predicted molar refractivity (Wildman–Crippen MR) is 219 cm³/mol. The van der Waals surface area contributed by atoms with Gasteiger partial charge in [0.15, 0.2) is 11.6 Å². The summed E-state index contributed by atoms with van der Waals surface area (Å²) in [7, 11) is 6.21. The lowest BCUT2D eigenvalue weighted by atomic mass is 10.1. The van der Waals surface area contributed by atoms with Gasteiger partial charge in [-0.3, -0.25) is 0 Å². The highest BCUT2D eigenvalue weighted by Gasteiger charge is 2.35. The lowest BCUT2D eigenvalue weighted by Gasteiger charge is -2.13. The van der Waals surface area contributed by atoms with E-state index in [1.165, 1.54) is 30.6 Å². The van der Waals surface area contributed by atoms with Crippen LogP contribution in [0.2, 0.25) is 0 Å². The summed E-state index contributed by atoms with van der Waals surface area (Å²) in [5, 5.41) is 13.6. The molecule has 22 heteroatoms.